The lowest BCUT2D eigenvalue weighted by molar-refractivity contribution is 0.0630. The Kier molecular flexibility index (Phi) is 4.68. The molecule has 2 rings (SSSR count). The zero-order chi connectivity index (χ0) is 13.7. The van der Waals surface area contributed by atoms with Crippen molar-refractivity contribution in [1.29, 1.82) is 0 Å². The molecular formula is C14H20N4O. The molecule has 0 saturated heterocycles. The Balaban J connectivity index is 2.38. The predicted molar refractivity (Wildman–Crippen MR) is 74.7 cm³/mol. The van der Waals surface area contributed by atoms with E-state index in [0.29, 0.717) is 0 Å². The van der Waals surface area contributed by atoms with Gasteiger partial charge in [-0.25, -0.2) is 10.1 Å². The number of hydrazine groups is 1. The standard InChI is InChI=1S/C14H20N4O/c1-3-13(19-2)14(17-15)12-9-10-16-18(12)11-7-5-4-6-8-11/h4-10,13-14,17H,3,15H2,1-2H3. The second kappa shape index (κ2) is 6.47. The van der Waals surface area contributed by atoms with Crippen LogP contribution in [-0.2, 0) is 4.74 Å². The van der Waals surface area contributed by atoms with Crippen molar-refractivity contribution in [1.82, 2.24) is 15.2 Å². The van der Waals surface area contributed by atoms with Crippen LogP contribution in [0.25, 0.3) is 5.69 Å². The first kappa shape index (κ1) is 13.7. The van der Waals surface area contributed by atoms with Gasteiger partial charge in [0, 0.05) is 13.3 Å². The Bertz CT molecular complexity index is 493. The van der Waals surface area contributed by atoms with Gasteiger partial charge in [-0.3, -0.25) is 5.84 Å². The van der Waals surface area contributed by atoms with E-state index in [4.69, 9.17) is 10.6 Å². The second-order valence-corrected chi connectivity index (χ2v) is 4.33. The van der Waals surface area contributed by atoms with Gasteiger partial charge in [-0.05, 0) is 24.6 Å². The van der Waals surface area contributed by atoms with Gasteiger partial charge in [0.25, 0.3) is 0 Å². The van der Waals surface area contributed by atoms with E-state index >= 15 is 0 Å². The van der Waals surface area contributed by atoms with Crippen LogP contribution in [0.4, 0.5) is 0 Å². The molecule has 0 saturated carbocycles. The van der Waals surface area contributed by atoms with Gasteiger partial charge in [0.1, 0.15) is 0 Å². The molecule has 3 N–H and O–H groups in total. The molecule has 5 heteroatoms. The van der Waals surface area contributed by atoms with Crippen LogP contribution < -0.4 is 11.3 Å². The van der Waals surface area contributed by atoms with Crippen molar-refractivity contribution < 1.29 is 4.74 Å². The summed E-state index contributed by atoms with van der Waals surface area (Å²) in [6.45, 7) is 2.07. The molecule has 1 heterocycles. The number of ether oxygens (including phenoxy) is 1. The highest BCUT2D eigenvalue weighted by molar-refractivity contribution is 5.33. The van der Waals surface area contributed by atoms with Gasteiger partial charge in [-0.15, -0.1) is 0 Å². The smallest absolute Gasteiger partial charge is 0.0894 e. The SMILES string of the molecule is CCC(OC)C(NN)c1ccnn1-c1ccccc1. The van der Waals surface area contributed by atoms with Crippen LogP contribution in [0.15, 0.2) is 42.6 Å². The first-order valence-corrected chi connectivity index (χ1v) is 6.40. The minimum absolute atomic E-state index is 0.00385. The van der Waals surface area contributed by atoms with Gasteiger partial charge < -0.3 is 4.74 Å². The molecule has 2 unspecified atom stereocenters. The maximum absolute atomic E-state index is 5.69. The maximum atomic E-state index is 5.69. The maximum Gasteiger partial charge on any atom is 0.0894 e. The molecule has 19 heavy (non-hydrogen) atoms. The van der Waals surface area contributed by atoms with Crippen LogP contribution >= 0.6 is 0 Å². The number of nitrogens with two attached hydrogens (primary N) is 1. The van der Waals surface area contributed by atoms with Gasteiger partial charge in [0.05, 0.1) is 23.5 Å². The van der Waals surface area contributed by atoms with Crippen LogP contribution in [0, 0.1) is 0 Å². The number of benzene rings is 1. The number of methoxy groups -OCH3 is 1. The van der Waals surface area contributed by atoms with Crippen LogP contribution in [0.5, 0.6) is 0 Å². The molecule has 102 valence electrons. The van der Waals surface area contributed by atoms with Crippen molar-refractivity contribution in [3.63, 3.8) is 0 Å². The lowest BCUT2D eigenvalue weighted by atomic mass is 10.1. The van der Waals surface area contributed by atoms with Crippen LogP contribution in [0.1, 0.15) is 25.1 Å². The van der Waals surface area contributed by atoms with Crippen LogP contribution in [0.2, 0.25) is 0 Å². The lowest BCUT2D eigenvalue weighted by Crippen LogP contribution is -2.38. The molecule has 2 atom stereocenters. The number of rotatable bonds is 6. The van der Waals surface area contributed by atoms with Crippen LogP contribution in [0.3, 0.4) is 0 Å². The van der Waals surface area contributed by atoms with Crippen LogP contribution in [-0.4, -0.2) is 23.0 Å². The zero-order valence-electron chi connectivity index (χ0n) is 11.3. The summed E-state index contributed by atoms with van der Waals surface area (Å²) in [4.78, 5) is 0. The monoisotopic (exact) mass is 260 g/mol. The largest absolute Gasteiger partial charge is 0.379 e. The number of hydrogen-bond donors (Lipinski definition) is 2. The van der Waals surface area contributed by atoms with Crippen molar-refractivity contribution in [3.05, 3.63) is 48.3 Å². The molecule has 0 spiro atoms. The average Bonchev–Trinajstić information content (AvgIpc) is 2.94. The third-order valence-electron chi connectivity index (χ3n) is 3.25. The molecule has 0 radical (unpaired) electrons. The van der Waals surface area contributed by atoms with E-state index in [1.165, 1.54) is 0 Å². The number of nitrogens with zero attached hydrogens (tertiary/aromatic N) is 2. The van der Waals surface area contributed by atoms with Crippen molar-refractivity contribution in [2.75, 3.05) is 7.11 Å². The van der Waals surface area contributed by atoms with Crippen molar-refractivity contribution in [3.8, 4) is 5.69 Å². The highest BCUT2D eigenvalue weighted by Crippen LogP contribution is 2.22. The normalized spacial score (nSPS) is 14.3. The highest BCUT2D eigenvalue weighted by atomic mass is 16.5. The second-order valence-electron chi connectivity index (χ2n) is 4.33. The molecule has 5 nitrogen and oxygen atoms in total. The molecule has 0 aliphatic rings. The molecular weight excluding hydrogens is 240 g/mol. The number of hydrogen-bond acceptors (Lipinski definition) is 4. The van der Waals surface area contributed by atoms with Crippen molar-refractivity contribution in [2.24, 2.45) is 5.84 Å². The third kappa shape index (κ3) is 2.84. The summed E-state index contributed by atoms with van der Waals surface area (Å²) in [5, 5.41) is 4.37. The highest BCUT2D eigenvalue weighted by Gasteiger charge is 2.24. The van der Waals surface area contributed by atoms with E-state index in [1.807, 2.05) is 41.1 Å². The molecule has 1 aromatic carbocycles. The Hall–Kier alpha value is -1.69. The third-order valence-corrected chi connectivity index (χ3v) is 3.25. The first-order valence-electron chi connectivity index (χ1n) is 6.40. The predicted octanol–water partition coefficient (Wildman–Crippen LogP) is 1.80. The summed E-state index contributed by atoms with van der Waals surface area (Å²) in [5.41, 5.74) is 4.83. The topological polar surface area (TPSA) is 65.1 Å². The summed E-state index contributed by atoms with van der Waals surface area (Å²) < 4.78 is 7.36. The zero-order valence-corrected chi connectivity index (χ0v) is 11.3. The van der Waals surface area contributed by atoms with E-state index < -0.39 is 0 Å². The molecule has 0 aliphatic carbocycles. The van der Waals surface area contributed by atoms with Gasteiger partial charge in [0.2, 0.25) is 0 Å². The Morgan fingerprint density at radius 2 is 2.05 bits per heavy atom. The summed E-state index contributed by atoms with van der Waals surface area (Å²) in [6, 6.07) is 11.8. The summed E-state index contributed by atoms with van der Waals surface area (Å²) in [6.07, 6.45) is 2.64. The summed E-state index contributed by atoms with van der Waals surface area (Å²) in [5.74, 6) is 5.69. The van der Waals surface area contributed by atoms with Crippen molar-refractivity contribution in [2.45, 2.75) is 25.5 Å². The fourth-order valence-electron chi connectivity index (χ4n) is 2.26. The van der Waals surface area contributed by atoms with Gasteiger partial charge >= 0.3 is 0 Å². The Morgan fingerprint density at radius 1 is 1.32 bits per heavy atom. The molecule has 0 amide bonds. The minimum Gasteiger partial charge on any atom is -0.379 e. The van der Waals surface area contributed by atoms with E-state index in [9.17, 15) is 0 Å². The molecule has 0 aliphatic heterocycles. The summed E-state index contributed by atoms with van der Waals surface area (Å²) in [7, 11) is 1.70. The fourth-order valence-corrected chi connectivity index (χ4v) is 2.26. The van der Waals surface area contributed by atoms with E-state index in [0.717, 1.165) is 17.8 Å². The molecule has 0 bridgehead atoms. The average molecular weight is 260 g/mol. The number of para-hydroxylation sites is 1. The van der Waals surface area contributed by atoms with Gasteiger partial charge in [-0.1, -0.05) is 25.1 Å². The molecule has 1 aromatic heterocycles. The van der Waals surface area contributed by atoms with E-state index in [2.05, 4.69) is 17.4 Å². The molecule has 0 fully saturated rings. The fraction of sp³-hybridized carbons (Fsp3) is 0.357. The quantitative estimate of drug-likeness (QED) is 0.614. The molecule has 2 aromatic rings. The number of nitrogens with one attached hydrogen (secondary N) is 1. The first-order chi connectivity index (χ1) is 9.31. The number of aromatic nitrogens is 2. The van der Waals surface area contributed by atoms with Gasteiger partial charge in [-0.2, -0.15) is 5.10 Å². The van der Waals surface area contributed by atoms with E-state index in [1.54, 1.807) is 13.3 Å². The summed E-state index contributed by atoms with van der Waals surface area (Å²) >= 11 is 0. The van der Waals surface area contributed by atoms with Crippen molar-refractivity contribution >= 4 is 0 Å². The minimum atomic E-state index is -0.0993. The Labute approximate surface area is 113 Å². The lowest BCUT2D eigenvalue weighted by Gasteiger charge is -2.25. The van der Waals surface area contributed by atoms with E-state index in [-0.39, 0.29) is 12.1 Å². The Morgan fingerprint density at radius 3 is 2.63 bits per heavy atom. The van der Waals surface area contributed by atoms with Gasteiger partial charge in [0.15, 0.2) is 0 Å².